The molecule has 1 aromatic rings. The van der Waals surface area contributed by atoms with Crippen molar-refractivity contribution in [3.05, 3.63) is 34.9 Å². The molecule has 114 valence electrons. The van der Waals surface area contributed by atoms with Crippen LogP contribution in [0.1, 0.15) is 44.1 Å². The van der Waals surface area contributed by atoms with Crippen LogP contribution >= 0.6 is 11.6 Å². The highest BCUT2D eigenvalue weighted by Gasteiger charge is 2.40. The minimum absolute atomic E-state index is 0.0531. The van der Waals surface area contributed by atoms with Gasteiger partial charge in [0.05, 0.1) is 11.8 Å². The van der Waals surface area contributed by atoms with Gasteiger partial charge in [0.1, 0.15) is 0 Å². The molecule has 1 amide bonds. The Labute approximate surface area is 129 Å². The van der Waals surface area contributed by atoms with E-state index in [1.165, 1.54) is 0 Å². The third kappa shape index (κ3) is 3.76. The van der Waals surface area contributed by atoms with Gasteiger partial charge in [-0.15, -0.1) is 0 Å². The Balaban J connectivity index is 2.18. The molecule has 0 atom stereocenters. The van der Waals surface area contributed by atoms with Crippen LogP contribution in [-0.4, -0.2) is 23.5 Å². The molecular formula is C16H20ClNO3. The van der Waals surface area contributed by atoms with Crippen LogP contribution in [0.2, 0.25) is 5.02 Å². The Kier molecular flexibility index (Phi) is 5.23. The number of halogens is 1. The van der Waals surface area contributed by atoms with Gasteiger partial charge in [-0.1, -0.05) is 43.0 Å². The maximum absolute atomic E-state index is 12.6. The third-order valence-electron chi connectivity index (χ3n) is 4.16. The maximum Gasteiger partial charge on any atom is 0.305 e. The summed E-state index contributed by atoms with van der Waals surface area (Å²) in [6.45, 7) is 0.170. The number of nitrogens with one attached hydrogen (secondary N) is 1. The molecule has 0 aliphatic heterocycles. The number of benzene rings is 1. The van der Waals surface area contributed by atoms with Gasteiger partial charge in [-0.2, -0.15) is 0 Å². The van der Waals surface area contributed by atoms with Crippen molar-refractivity contribution in [3.8, 4) is 0 Å². The Morgan fingerprint density at radius 1 is 1.14 bits per heavy atom. The molecule has 1 fully saturated rings. The predicted octanol–water partition coefficient (Wildman–Crippen LogP) is 3.13. The van der Waals surface area contributed by atoms with Gasteiger partial charge in [-0.25, -0.2) is 0 Å². The van der Waals surface area contributed by atoms with Crippen molar-refractivity contribution in [3.63, 3.8) is 0 Å². The molecule has 2 rings (SSSR count). The fraction of sp³-hybridized carbons (Fsp3) is 0.500. The molecule has 1 saturated carbocycles. The van der Waals surface area contributed by atoms with Crippen molar-refractivity contribution in [2.24, 2.45) is 0 Å². The smallest absolute Gasteiger partial charge is 0.305 e. The lowest BCUT2D eigenvalue weighted by molar-refractivity contribution is -0.137. The number of carboxylic acid groups (broad SMARTS) is 1. The summed E-state index contributed by atoms with van der Waals surface area (Å²) in [6, 6.07) is 7.42. The van der Waals surface area contributed by atoms with Gasteiger partial charge in [0.2, 0.25) is 5.91 Å². The standard InChI is InChI=1S/C16H20ClNO3/c17-13-6-4-12(5-7-13)16(9-2-1-3-10-16)15(21)18-11-8-14(19)20/h4-7H,1-3,8-11H2,(H,18,21)(H,19,20). The average molecular weight is 310 g/mol. The summed E-state index contributed by atoms with van der Waals surface area (Å²) >= 11 is 5.93. The highest BCUT2D eigenvalue weighted by molar-refractivity contribution is 6.30. The number of rotatable bonds is 5. The highest BCUT2D eigenvalue weighted by atomic mass is 35.5. The zero-order valence-electron chi connectivity index (χ0n) is 11.9. The minimum atomic E-state index is -0.903. The molecule has 0 saturated heterocycles. The Bertz CT molecular complexity index is 507. The number of amides is 1. The number of hydrogen-bond acceptors (Lipinski definition) is 2. The topological polar surface area (TPSA) is 66.4 Å². The fourth-order valence-corrected chi connectivity index (χ4v) is 3.15. The molecule has 21 heavy (non-hydrogen) atoms. The Hall–Kier alpha value is -1.55. The fourth-order valence-electron chi connectivity index (χ4n) is 3.02. The van der Waals surface area contributed by atoms with Gasteiger partial charge < -0.3 is 10.4 Å². The quantitative estimate of drug-likeness (QED) is 0.878. The third-order valence-corrected chi connectivity index (χ3v) is 4.41. The molecule has 1 aliphatic carbocycles. The first-order valence-corrected chi connectivity index (χ1v) is 7.68. The van der Waals surface area contributed by atoms with Crippen LogP contribution in [0.4, 0.5) is 0 Å². The first-order valence-electron chi connectivity index (χ1n) is 7.31. The minimum Gasteiger partial charge on any atom is -0.481 e. The molecule has 1 aliphatic rings. The van der Waals surface area contributed by atoms with Crippen LogP contribution in [0.5, 0.6) is 0 Å². The zero-order chi connectivity index (χ0) is 15.3. The van der Waals surface area contributed by atoms with E-state index in [1.807, 2.05) is 12.1 Å². The first kappa shape index (κ1) is 15.8. The zero-order valence-corrected chi connectivity index (χ0v) is 12.7. The summed E-state index contributed by atoms with van der Waals surface area (Å²) in [6.07, 6.45) is 4.70. The Morgan fingerprint density at radius 3 is 2.33 bits per heavy atom. The number of carboxylic acids is 1. The van der Waals surface area contributed by atoms with E-state index >= 15 is 0 Å². The largest absolute Gasteiger partial charge is 0.481 e. The van der Waals surface area contributed by atoms with Gasteiger partial charge >= 0.3 is 5.97 Å². The molecule has 2 N–H and O–H groups in total. The van der Waals surface area contributed by atoms with Gasteiger partial charge in [0.25, 0.3) is 0 Å². The lowest BCUT2D eigenvalue weighted by Gasteiger charge is -2.36. The van der Waals surface area contributed by atoms with E-state index in [0.29, 0.717) is 5.02 Å². The molecule has 5 heteroatoms. The second-order valence-electron chi connectivity index (χ2n) is 5.55. The summed E-state index contributed by atoms with van der Waals surface area (Å²) in [5, 5.41) is 12.1. The molecule has 0 radical (unpaired) electrons. The second kappa shape index (κ2) is 6.94. The van der Waals surface area contributed by atoms with Crippen LogP contribution < -0.4 is 5.32 Å². The molecule has 0 unspecified atom stereocenters. The molecular weight excluding hydrogens is 290 g/mol. The normalized spacial score (nSPS) is 17.2. The van der Waals surface area contributed by atoms with Gasteiger partial charge in [-0.3, -0.25) is 9.59 Å². The van der Waals surface area contributed by atoms with Crippen molar-refractivity contribution in [2.45, 2.75) is 43.9 Å². The predicted molar refractivity (Wildman–Crippen MR) is 81.5 cm³/mol. The van der Waals surface area contributed by atoms with Crippen LogP contribution in [-0.2, 0) is 15.0 Å². The van der Waals surface area contributed by atoms with Crippen LogP contribution in [0, 0.1) is 0 Å². The van der Waals surface area contributed by atoms with E-state index in [-0.39, 0.29) is 18.9 Å². The van der Waals surface area contributed by atoms with E-state index in [2.05, 4.69) is 5.32 Å². The van der Waals surface area contributed by atoms with Gasteiger partial charge in [-0.05, 0) is 30.5 Å². The maximum atomic E-state index is 12.6. The van der Waals surface area contributed by atoms with Gasteiger partial charge in [0, 0.05) is 11.6 Å². The number of carbonyl (C=O) groups is 2. The van der Waals surface area contributed by atoms with Crippen LogP contribution in [0.3, 0.4) is 0 Å². The average Bonchev–Trinajstić information content (AvgIpc) is 2.48. The lowest BCUT2D eigenvalue weighted by atomic mass is 9.68. The number of aliphatic carboxylic acids is 1. The molecule has 1 aromatic carbocycles. The van der Waals surface area contributed by atoms with Crippen molar-refractivity contribution in [1.29, 1.82) is 0 Å². The highest BCUT2D eigenvalue weighted by Crippen LogP contribution is 2.40. The van der Waals surface area contributed by atoms with E-state index in [9.17, 15) is 9.59 Å². The summed E-state index contributed by atoms with van der Waals surface area (Å²) in [7, 11) is 0. The molecule has 0 spiro atoms. The second-order valence-corrected chi connectivity index (χ2v) is 5.99. The summed E-state index contributed by atoms with van der Waals surface area (Å²) < 4.78 is 0. The summed E-state index contributed by atoms with van der Waals surface area (Å²) in [5.41, 5.74) is 0.431. The summed E-state index contributed by atoms with van der Waals surface area (Å²) in [5.74, 6) is -0.967. The van der Waals surface area contributed by atoms with E-state index in [0.717, 1.165) is 37.7 Å². The van der Waals surface area contributed by atoms with Gasteiger partial charge in [0.15, 0.2) is 0 Å². The lowest BCUT2D eigenvalue weighted by Crippen LogP contribution is -2.46. The Morgan fingerprint density at radius 2 is 1.76 bits per heavy atom. The molecule has 4 nitrogen and oxygen atoms in total. The van der Waals surface area contributed by atoms with E-state index in [1.54, 1.807) is 12.1 Å². The molecule has 0 aromatic heterocycles. The molecule has 0 heterocycles. The SMILES string of the molecule is O=C(O)CCNC(=O)C1(c2ccc(Cl)cc2)CCCCC1. The number of hydrogen-bond donors (Lipinski definition) is 2. The van der Waals surface area contributed by atoms with E-state index in [4.69, 9.17) is 16.7 Å². The van der Waals surface area contributed by atoms with E-state index < -0.39 is 11.4 Å². The van der Waals surface area contributed by atoms with Crippen molar-refractivity contribution in [2.75, 3.05) is 6.54 Å². The van der Waals surface area contributed by atoms with Crippen LogP contribution in [0.25, 0.3) is 0 Å². The number of carbonyl (C=O) groups excluding carboxylic acids is 1. The first-order chi connectivity index (χ1) is 10.0. The van der Waals surface area contributed by atoms with Crippen LogP contribution in [0.15, 0.2) is 24.3 Å². The van der Waals surface area contributed by atoms with Crippen molar-refractivity contribution < 1.29 is 14.7 Å². The molecule has 0 bridgehead atoms. The monoisotopic (exact) mass is 309 g/mol. The summed E-state index contributed by atoms with van der Waals surface area (Å²) in [4.78, 5) is 23.2. The van der Waals surface area contributed by atoms with Crippen molar-refractivity contribution in [1.82, 2.24) is 5.32 Å². The van der Waals surface area contributed by atoms with Crippen molar-refractivity contribution >= 4 is 23.5 Å².